The summed E-state index contributed by atoms with van der Waals surface area (Å²) >= 11 is 3.52. The van der Waals surface area contributed by atoms with E-state index in [1.807, 2.05) is 18.3 Å². The summed E-state index contributed by atoms with van der Waals surface area (Å²) in [7, 11) is 0. The van der Waals surface area contributed by atoms with E-state index in [0.29, 0.717) is 12.2 Å². The number of pyridine rings is 1. The molecule has 1 saturated carbocycles. The molecule has 0 unspecified atom stereocenters. The topological polar surface area (TPSA) is 65.8 Å². The summed E-state index contributed by atoms with van der Waals surface area (Å²) in [5.41, 5.74) is 4.83. The molecule has 3 heterocycles. The van der Waals surface area contributed by atoms with E-state index >= 15 is 0 Å². The quantitative estimate of drug-likeness (QED) is 0.503. The highest BCUT2D eigenvalue weighted by Crippen LogP contribution is 2.68. The molecule has 1 spiro atoms. The highest BCUT2D eigenvalue weighted by atomic mass is 79.9. The Balaban J connectivity index is 1.32. The number of hydrogen-bond acceptors (Lipinski definition) is 5. The van der Waals surface area contributed by atoms with Gasteiger partial charge in [0.15, 0.2) is 17.6 Å². The fourth-order valence-electron chi connectivity index (χ4n) is 7.64. The van der Waals surface area contributed by atoms with Gasteiger partial charge in [-0.2, -0.15) is 0 Å². The molecule has 35 heavy (non-hydrogen) atoms. The Morgan fingerprint density at radius 3 is 2.71 bits per heavy atom. The number of fused-ring (bicyclic) bond motifs is 2. The van der Waals surface area contributed by atoms with E-state index in [0.717, 1.165) is 64.3 Å². The van der Waals surface area contributed by atoms with Crippen molar-refractivity contribution in [1.29, 1.82) is 0 Å². The lowest BCUT2D eigenvalue weighted by atomic mass is 9.49. The fraction of sp³-hybridized carbons (Fsp3) is 0.414. The molecule has 6 heteroatoms. The van der Waals surface area contributed by atoms with Crippen LogP contribution in [0.15, 0.2) is 53.1 Å². The molecule has 2 aromatic carbocycles. The third-order valence-corrected chi connectivity index (χ3v) is 9.93. The number of ether oxygens (including phenoxy) is 1. The van der Waals surface area contributed by atoms with Crippen LogP contribution in [0, 0.1) is 5.92 Å². The minimum absolute atomic E-state index is 0.0374. The van der Waals surface area contributed by atoms with Gasteiger partial charge in [-0.3, -0.25) is 9.88 Å². The monoisotopic (exact) mass is 530 g/mol. The summed E-state index contributed by atoms with van der Waals surface area (Å²) in [4.78, 5) is 7.53. The van der Waals surface area contributed by atoms with Crippen LogP contribution in [0.1, 0.15) is 47.8 Å². The van der Waals surface area contributed by atoms with Crippen LogP contribution in [0.25, 0.3) is 11.1 Å². The first kappa shape index (κ1) is 20.7. The smallest absolute Gasteiger partial charge is 0.166 e. The van der Waals surface area contributed by atoms with Crippen LogP contribution in [0.4, 0.5) is 0 Å². The van der Waals surface area contributed by atoms with Gasteiger partial charge < -0.3 is 14.9 Å². The lowest BCUT2D eigenvalue weighted by molar-refractivity contribution is -0.173. The van der Waals surface area contributed by atoms with Gasteiger partial charge >= 0.3 is 0 Å². The standard InChI is InChI=1S/C29H27BrN2O3/c30-21-6-3-17(4-7-21)20-11-19-13-29(34)23-12-18-5-8-22(33)26-24(18)28(29,27(35-26)25(19)31-14-20)9-10-32(23)15-16-1-2-16/h3-8,11,14,16,23,27,33-34H,1-2,9-10,12-13,15H2/t23-,27-,28-,29+/m0/s1. The summed E-state index contributed by atoms with van der Waals surface area (Å²) in [5, 5.41) is 23.6. The molecule has 1 saturated heterocycles. The Morgan fingerprint density at radius 2 is 1.91 bits per heavy atom. The molecule has 5 aliphatic rings. The Hall–Kier alpha value is -2.41. The highest BCUT2D eigenvalue weighted by molar-refractivity contribution is 9.10. The molecule has 3 aromatic rings. The Labute approximate surface area is 212 Å². The number of aromatic hydroxyl groups is 1. The van der Waals surface area contributed by atoms with Crippen molar-refractivity contribution < 1.29 is 14.9 Å². The summed E-state index contributed by atoms with van der Waals surface area (Å²) in [6.45, 7) is 2.02. The zero-order chi connectivity index (χ0) is 23.5. The van der Waals surface area contributed by atoms with E-state index in [1.54, 1.807) is 6.07 Å². The van der Waals surface area contributed by atoms with Crippen molar-refractivity contribution >= 4 is 15.9 Å². The van der Waals surface area contributed by atoms with Crippen molar-refractivity contribution in [2.45, 2.75) is 55.3 Å². The highest BCUT2D eigenvalue weighted by Gasteiger charge is 2.72. The minimum atomic E-state index is -0.968. The second-order valence-corrected chi connectivity index (χ2v) is 12.1. The molecule has 5 nitrogen and oxygen atoms in total. The number of phenols is 1. The molecule has 2 N–H and O–H groups in total. The van der Waals surface area contributed by atoms with Gasteiger partial charge in [-0.05, 0) is 79.1 Å². The summed E-state index contributed by atoms with van der Waals surface area (Å²) < 4.78 is 7.64. The molecular weight excluding hydrogens is 504 g/mol. The molecule has 3 aliphatic carbocycles. The summed E-state index contributed by atoms with van der Waals surface area (Å²) in [6, 6.07) is 14.3. The van der Waals surface area contributed by atoms with Crippen LogP contribution >= 0.6 is 15.9 Å². The zero-order valence-electron chi connectivity index (χ0n) is 19.4. The number of aliphatic hydroxyl groups is 1. The lowest BCUT2D eigenvalue weighted by Crippen LogP contribution is -2.74. The molecule has 0 amide bonds. The van der Waals surface area contributed by atoms with Gasteiger partial charge in [0, 0.05) is 40.8 Å². The van der Waals surface area contributed by atoms with Crippen molar-refractivity contribution in [3.63, 3.8) is 0 Å². The molecule has 0 radical (unpaired) electrons. The second kappa shape index (κ2) is 6.87. The second-order valence-electron chi connectivity index (χ2n) is 11.2. The van der Waals surface area contributed by atoms with E-state index in [1.165, 1.54) is 18.4 Å². The van der Waals surface area contributed by atoms with Gasteiger partial charge in [0.2, 0.25) is 0 Å². The Bertz CT molecular complexity index is 1390. The maximum Gasteiger partial charge on any atom is 0.166 e. The van der Waals surface area contributed by atoms with E-state index < -0.39 is 11.0 Å². The molecule has 2 bridgehead atoms. The number of aromatic nitrogens is 1. The van der Waals surface area contributed by atoms with Crippen LogP contribution in [0.3, 0.4) is 0 Å². The van der Waals surface area contributed by atoms with E-state index in [4.69, 9.17) is 9.72 Å². The number of halogens is 1. The predicted molar refractivity (Wildman–Crippen MR) is 136 cm³/mol. The summed E-state index contributed by atoms with van der Waals surface area (Å²) in [5.74, 6) is 1.50. The average molecular weight is 531 g/mol. The number of phenolic OH excluding ortho intramolecular Hbond substituents is 1. The molecular formula is C29H27BrN2O3. The van der Waals surface area contributed by atoms with Crippen molar-refractivity contribution in [1.82, 2.24) is 9.88 Å². The van der Waals surface area contributed by atoms with Crippen molar-refractivity contribution in [2.24, 2.45) is 5.92 Å². The first-order valence-corrected chi connectivity index (χ1v) is 13.5. The molecule has 2 aliphatic heterocycles. The number of likely N-dealkylation sites (tertiary alicyclic amines) is 1. The normalized spacial score (nSPS) is 32.1. The van der Waals surface area contributed by atoms with Gasteiger partial charge in [-0.15, -0.1) is 0 Å². The van der Waals surface area contributed by atoms with Crippen LogP contribution in [0.2, 0.25) is 0 Å². The summed E-state index contributed by atoms with van der Waals surface area (Å²) in [6.07, 6.45) is 6.31. The molecule has 1 aromatic heterocycles. The van der Waals surface area contributed by atoms with Gasteiger partial charge in [-0.25, -0.2) is 0 Å². The third-order valence-electron chi connectivity index (χ3n) is 9.40. The maximum absolute atomic E-state index is 12.8. The van der Waals surface area contributed by atoms with Crippen LogP contribution < -0.4 is 4.74 Å². The zero-order valence-corrected chi connectivity index (χ0v) is 21.0. The average Bonchev–Trinajstić information content (AvgIpc) is 3.59. The number of hydrogen-bond donors (Lipinski definition) is 2. The maximum atomic E-state index is 12.8. The predicted octanol–water partition coefficient (Wildman–Crippen LogP) is 4.92. The van der Waals surface area contributed by atoms with E-state index in [-0.39, 0.29) is 17.9 Å². The Morgan fingerprint density at radius 1 is 1.09 bits per heavy atom. The van der Waals surface area contributed by atoms with Crippen LogP contribution in [0.5, 0.6) is 11.5 Å². The molecule has 2 fully saturated rings. The molecule has 178 valence electrons. The lowest BCUT2D eigenvalue weighted by Gasteiger charge is -2.63. The van der Waals surface area contributed by atoms with E-state index in [2.05, 4.69) is 45.1 Å². The van der Waals surface area contributed by atoms with Gasteiger partial charge in [0.1, 0.15) is 0 Å². The number of piperidine rings is 1. The minimum Gasteiger partial charge on any atom is -0.504 e. The van der Waals surface area contributed by atoms with Crippen molar-refractivity contribution in [2.75, 3.05) is 13.1 Å². The first-order chi connectivity index (χ1) is 17.0. The molecule has 4 atom stereocenters. The SMILES string of the molecule is Oc1ccc2c3c1O[C@H]1c4ncc(-c5ccc(Br)cc5)cc4C[C@@]4(O)[C@H](C2)N(CC2CC2)CC[C@]314. The number of benzene rings is 2. The third kappa shape index (κ3) is 2.63. The van der Waals surface area contributed by atoms with Crippen molar-refractivity contribution in [3.8, 4) is 22.6 Å². The number of rotatable bonds is 3. The molecule has 8 rings (SSSR count). The number of nitrogens with zero attached hydrogens (tertiary/aromatic N) is 2. The Kier molecular flexibility index (Phi) is 4.07. The first-order valence-electron chi connectivity index (χ1n) is 12.7. The van der Waals surface area contributed by atoms with Gasteiger partial charge in [0.05, 0.1) is 16.7 Å². The van der Waals surface area contributed by atoms with Crippen LogP contribution in [-0.4, -0.2) is 44.8 Å². The largest absolute Gasteiger partial charge is 0.504 e. The van der Waals surface area contributed by atoms with Gasteiger partial charge in [0.25, 0.3) is 0 Å². The van der Waals surface area contributed by atoms with E-state index in [9.17, 15) is 10.2 Å². The van der Waals surface area contributed by atoms with Gasteiger partial charge in [-0.1, -0.05) is 34.1 Å². The van der Waals surface area contributed by atoms with Crippen LogP contribution in [-0.2, 0) is 18.3 Å². The fourth-order valence-corrected chi connectivity index (χ4v) is 7.91. The van der Waals surface area contributed by atoms with Crippen molar-refractivity contribution in [3.05, 3.63) is 75.5 Å².